The van der Waals surface area contributed by atoms with Crippen LogP contribution in [0.15, 0.2) is 11.4 Å². The number of hydrogen-bond acceptors (Lipinski definition) is 7. The van der Waals surface area contributed by atoms with Gasteiger partial charge >= 0.3 is 6.09 Å². The molecule has 2 aliphatic heterocycles. The monoisotopic (exact) mass is 390 g/mol. The average molecular weight is 390 g/mol. The van der Waals surface area contributed by atoms with Gasteiger partial charge in [0.15, 0.2) is 0 Å². The van der Waals surface area contributed by atoms with Crippen molar-refractivity contribution in [3.05, 3.63) is 11.4 Å². The molecule has 0 unspecified atom stereocenters. The van der Waals surface area contributed by atoms with Crippen LogP contribution in [0.3, 0.4) is 0 Å². The molecule has 0 aromatic carbocycles. The number of nitrogens with zero attached hydrogens (tertiary/aromatic N) is 5. The van der Waals surface area contributed by atoms with Gasteiger partial charge in [-0.3, -0.25) is 4.79 Å². The van der Waals surface area contributed by atoms with Crippen LogP contribution in [0.5, 0.6) is 0 Å². The van der Waals surface area contributed by atoms with Crippen LogP contribution in [0.1, 0.15) is 12.8 Å². The quantitative estimate of drug-likeness (QED) is 0.794. The van der Waals surface area contributed by atoms with Crippen molar-refractivity contribution in [2.24, 2.45) is 5.92 Å². The number of amides is 2. The van der Waals surface area contributed by atoms with Gasteiger partial charge in [0, 0.05) is 45.2 Å². The molecule has 2 aromatic heterocycles. The van der Waals surface area contributed by atoms with Gasteiger partial charge < -0.3 is 25.5 Å². The van der Waals surface area contributed by atoms with E-state index in [-0.39, 0.29) is 17.8 Å². The van der Waals surface area contributed by atoms with Crippen molar-refractivity contribution in [2.45, 2.75) is 12.8 Å². The lowest BCUT2D eigenvalue weighted by molar-refractivity contribution is -0.137. The van der Waals surface area contributed by atoms with Crippen molar-refractivity contribution in [3.63, 3.8) is 0 Å². The minimum Gasteiger partial charge on any atom is -0.465 e. The lowest BCUT2D eigenvalue weighted by Gasteiger charge is -2.38. The molecule has 2 aliphatic rings. The van der Waals surface area contributed by atoms with E-state index in [4.69, 9.17) is 10.8 Å². The highest BCUT2D eigenvalue weighted by atomic mass is 32.1. The Hall–Kier alpha value is -2.62. The van der Waals surface area contributed by atoms with Gasteiger partial charge in [0.25, 0.3) is 0 Å². The molecule has 2 aromatic rings. The number of likely N-dealkylation sites (tertiary alicyclic amines) is 1. The SMILES string of the molecule is Nc1nc(N2CCN(C(=O)C3CCN(C(=O)O)CC3)CC2)c2ccsc2n1. The molecule has 0 radical (unpaired) electrons. The van der Waals surface area contributed by atoms with E-state index in [0.29, 0.717) is 52.1 Å². The number of piperidine rings is 1. The summed E-state index contributed by atoms with van der Waals surface area (Å²) in [5, 5.41) is 12.0. The summed E-state index contributed by atoms with van der Waals surface area (Å²) in [4.78, 5) is 38.8. The van der Waals surface area contributed by atoms with Gasteiger partial charge in [-0.15, -0.1) is 11.3 Å². The van der Waals surface area contributed by atoms with Crippen molar-refractivity contribution >= 4 is 45.3 Å². The molecule has 0 bridgehead atoms. The zero-order valence-electron chi connectivity index (χ0n) is 14.9. The third kappa shape index (κ3) is 3.48. The fourth-order valence-corrected chi connectivity index (χ4v) is 4.58. The minimum absolute atomic E-state index is 0.0783. The first kappa shape index (κ1) is 17.8. The lowest BCUT2D eigenvalue weighted by Crippen LogP contribution is -2.52. The first-order valence-electron chi connectivity index (χ1n) is 9.05. The zero-order chi connectivity index (χ0) is 19.0. The molecule has 10 heteroatoms. The predicted molar refractivity (Wildman–Crippen MR) is 103 cm³/mol. The standard InChI is InChI=1S/C17H22N6O3S/c18-16-19-13(12-3-10-27-14(12)20-16)21-6-8-22(9-7-21)15(24)11-1-4-23(5-2-11)17(25)26/h3,10-11H,1-2,4-9H2,(H,25,26)(H2,18,19,20). The van der Waals surface area contributed by atoms with Gasteiger partial charge in [0.05, 0.1) is 5.39 Å². The van der Waals surface area contributed by atoms with E-state index in [9.17, 15) is 9.59 Å². The Morgan fingerprint density at radius 3 is 2.44 bits per heavy atom. The van der Waals surface area contributed by atoms with Crippen molar-refractivity contribution in [1.29, 1.82) is 0 Å². The fourth-order valence-electron chi connectivity index (χ4n) is 3.81. The number of piperazine rings is 1. The number of nitrogens with two attached hydrogens (primary N) is 1. The molecule has 2 amide bonds. The predicted octanol–water partition coefficient (Wildman–Crippen LogP) is 1.31. The zero-order valence-corrected chi connectivity index (χ0v) is 15.7. The van der Waals surface area contributed by atoms with Crippen LogP contribution in [-0.2, 0) is 4.79 Å². The van der Waals surface area contributed by atoms with Gasteiger partial charge in [-0.05, 0) is 24.3 Å². The fraction of sp³-hybridized carbons (Fsp3) is 0.529. The number of carbonyl (C=O) groups is 2. The number of carboxylic acid groups (broad SMARTS) is 1. The number of rotatable bonds is 2. The van der Waals surface area contributed by atoms with E-state index >= 15 is 0 Å². The van der Waals surface area contributed by atoms with E-state index in [2.05, 4.69) is 14.9 Å². The number of fused-ring (bicyclic) bond motifs is 1. The molecule has 0 atom stereocenters. The Morgan fingerprint density at radius 1 is 1.07 bits per heavy atom. The Morgan fingerprint density at radius 2 is 1.78 bits per heavy atom. The maximum Gasteiger partial charge on any atom is 0.407 e. The highest BCUT2D eigenvalue weighted by Crippen LogP contribution is 2.29. The van der Waals surface area contributed by atoms with E-state index in [1.54, 1.807) is 0 Å². The average Bonchev–Trinajstić information content (AvgIpc) is 3.15. The Bertz CT molecular complexity index is 855. The van der Waals surface area contributed by atoms with Gasteiger partial charge in [-0.25, -0.2) is 9.78 Å². The molecule has 4 rings (SSSR count). The van der Waals surface area contributed by atoms with Crippen LogP contribution >= 0.6 is 11.3 Å². The topological polar surface area (TPSA) is 116 Å². The summed E-state index contributed by atoms with van der Waals surface area (Å²) in [6, 6.07) is 2.00. The van der Waals surface area contributed by atoms with Gasteiger partial charge in [-0.1, -0.05) is 0 Å². The molecule has 144 valence electrons. The molecule has 2 saturated heterocycles. The van der Waals surface area contributed by atoms with Crippen LogP contribution in [0.2, 0.25) is 0 Å². The maximum atomic E-state index is 12.8. The van der Waals surface area contributed by atoms with Crippen LogP contribution in [-0.4, -0.2) is 76.1 Å². The maximum absolute atomic E-state index is 12.8. The molecule has 3 N–H and O–H groups in total. The first-order valence-corrected chi connectivity index (χ1v) is 9.93. The largest absolute Gasteiger partial charge is 0.465 e. The lowest BCUT2D eigenvalue weighted by atomic mass is 9.95. The summed E-state index contributed by atoms with van der Waals surface area (Å²) in [5.41, 5.74) is 5.84. The van der Waals surface area contributed by atoms with Crippen LogP contribution in [0.4, 0.5) is 16.6 Å². The van der Waals surface area contributed by atoms with Gasteiger partial charge in [-0.2, -0.15) is 4.98 Å². The third-order valence-corrected chi connectivity index (χ3v) is 6.13. The number of hydrogen-bond donors (Lipinski definition) is 2. The second-order valence-corrected chi connectivity index (χ2v) is 7.80. The third-order valence-electron chi connectivity index (χ3n) is 5.33. The normalized spacial score (nSPS) is 18.9. The molecular formula is C17H22N6O3S. The van der Waals surface area contributed by atoms with Crippen molar-refractivity contribution < 1.29 is 14.7 Å². The van der Waals surface area contributed by atoms with Crippen LogP contribution < -0.4 is 10.6 Å². The summed E-state index contributed by atoms with van der Waals surface area (Å²) >= 11 is 1.54. The van der Waals surface area contributed by atoms with E-state index in [0.717, 1.165) is 16.0 Å². The van der Waals surface area contributed by atoms with Crippen LogP contribution in [0.25, 0.3) is 10.2 Å². The van der Waals surface area contributed by atoms with E-state index in [1.165, 1.54) is 16.2 Å². The summed E-state index contributed by atoms with van der Waals surface area (Å²) < 4.78 is 0. The number of nitrogen functional groups attached to an aromatic ring is 1. The summed E-state index contributed by atoms with van der Waals surface area (Å²) in [5.74, 6) is 1.16. The molecule has 0 saturated carbocycles. The van der Waals surface area contributed by atoms with Crippen molar-refractivity contribution in [1.82, 2.24) is 19.8 Å². The van der Waals surface area contributed by atoms with E-state index in [1.807, 2.05) is 16.3 Å². The molecule has 4 heterocycles. The molecule has 0 aliphatic carbocycles. The Kier molecular flexibility index (Phi) is 4.73. The summed E-state index contributed by atoms with van der Waals surface area (Å²) in [6.07, 6.45) is 0.297. The van der Waals surface area contributed by atoms with Gasteiger partial charge in [0.1, 0.15) is 10.6 Å². The second-order valence-electron chi connectivity index (χ2n) is 6.90. The van der Waals surface area contributed by atoms with Gasteiger partial charge in [0.2, 0.25) is 11.9 Å². The Labute approximate surface area is 160 Å². The Balaban J connectivity index is 1.38. The smallest absolute Gasteiger partial charge is 0.407 e. The highest BCUT2D eigenvalue weighted by molar-refractivity contribution is 7.16. The number of thiophene rings is 1. The second kappa shape index (κ2) is 7.18. The van der Waals surface area contributed by atoms with Crippen molar-refractivity contribution in [2.75, 3.05) is 49.9 Å². The number of aromatic nitrogens is 2. The molecule has 2 fully saturated rings. The first-order chi connectivity index (χ1) is 13.0. The number of anilines is 2. The van der Waals surface area contributed by atoms with Crippen molar-refractivity contribution in [3.8, 4) is 0 Å². The molecule has 9 nitrogen and oxygen atoms in total. The highest BCUT2D eigenvalue weighted by Gasteiger charge is 2.32. The van der Waals surface area contributed by atoms with E-state index < -0.39 is 6.09 Å². The number of carbonyl (C=O) groups excluding carboxylic acids is 1. The molecule has 0 spiro atoms. The summed E-state index contributed by atoms with van der Waals surface area (Å²) in [6.45, 7) is 3.52. The van der Waals surface area contributed by atoms with Crippen LogP contribution in [0, 0.1) is 5.92 Å². The minimum atomic E-state index is -0.904. The molecular weight excluding hydrogens is 368 g/mol. The summed E-state index contributed by atoms with van der Waals surface area (Å²) in [7, 11) is 0. The molecule has 27 heavy (non-hydrogen) atoms.